The Hall–Kier alpha value is -1.86. The van der Waals surface area contributed by atoms with Crippen LogP contribution in [0.2, 0.25) is 0 Å². The van der Waals surface area contributed by atoms with Crippen molar-refractivity contribution < 1.29 is 14.3 Å². The van der Waals surface area contributed by atoms with E-state index in [-0.39, 0.29) is 24.0 Å². The number of carbonyl (C=O) groups is 1. The summed E-state index contributed by atoms with van der Waals surface area (Å²) < 4.78 is 13.3. The van der Waals surface area contributed by atoms with Gasteiger partial charge in [-0.05, 0) is 24.1 Å². The standard InChI is InChI=1S/C14H16FNO2/c1-10(2)8-14(18)16-12-5-6-13(15)11(9-12)4-3-7-17/h5-6,9-10,17H,7-8H2,1-2H3,(H,16,18). The van der Waals surface area contributed by atoms with E-state index in [1.807, 2.05) is 13.8 Å². The topological polar surface area (TPSA) is 49.3 Å². The third-order valence-corrected chi connectivity index (χ3v) is 2.15. The van der Waals surface area contributed by atoms with Gasteiger partial charge in [0.2, 0.25) is 5.91 Å². The average molecular weight is 249 g/mol. The van der Waals surface area contributed by atoms with Gasteiger partial charge in [-0.15, -0.1) is 0 Å². The summed E-state index contributed by atoms with van der Waals surface area (Å²) in [7, 11) is 0. The van der Waals surface area contributed by atoms with E-state index in [0.717, 1.165) is 0 Å². The van der Waals surface area contributed by atoms with E-state index in [4.69, 9.17) is 5.11 Å². The molecular weight excluding hydrogens is 233 g/mol. The lowest BCUT2D eigenvalue weighted by Gasteiger charge is -2.07. The molecule has 1 aromatic rings. The lowest BCUT2D eigenvalue weighted by molar-refractivity contribution is -0.116. The van der Waals surface area contributed by atoms with E-state index in [1.54, 1.807) is 0 Å². The van der Waals surface area contributed by atoms with Crippen LogP contribution in [0.4, 0.5) is 10.1 Å². The Morgan fingerprint density at radius 2 is 2.22 bits per heavy atom. The van der Waals surface area contributed by atoms with Gasteiger partial charge >= 0.3 is 0 Å². The van der Waals surface area contributed by atoms with Crippen molar-refractivity contribution in [1.29, 1.82) is 0 Å². The quantitative estimate of drug-likeness (QED) is 0.806. The van der Waals surface area contributed by atoms with Crippen LogP contribution in [-0.2, 0) is 4.79 Å². The van der Waals surface area contributed by atoms with E-state index in [0.29, 0.717) is 12.1 Å². The summed E-state index contributed by atoms with van der Waals surface area (Å²) in [6.45, 7) is 3.56. The van der Waals surface area contributed by atoms with Crippen molar-refractivity contribution in [3.05, 3.63) is 29.6 Å². The molecule has 4 heteroatoms. The fourth-order valence-electron chi connectivity index (χ4n) is 1.42. The summed E-state index contributed by atoms with van der Waals surface area (Å²) >= 11 is 0. The molecule has 0 bridgehead atoms. The van der Waals surface area contributed by atoms with Crippen molar-refractivity contribution in [2.24, 2.45) is 5.92 Å². The SMILES string of the molecule is CC(C)CC(=O)Nc1ccc(F)c(C#CCO)c1. The van der Waals surface area contributed by atoms with Gasteiger partial charge in [0.05, 0.1) is 5.56 Å². The third kappa shape index (κ3) is 4.56. The number of amides is 1. The Bertz CT molecular complexity index is 486. The zero-order valence-electron chi connectivity index (χ0n) is 10.5. The fourth-order valence-corrected chi connectivity index (χ4v) is 1.42. The molecule has 0 aliphatic carbocycles. The largest absolute Gasteiger partial charge is 0.384 e. The molecule has 2 N–H and O–H groups in total. The molecule has 0 atom stereocenters. The monoisotopic (exact) mass is 249 g/mol. The van der Waals surface area contributed by atoms with Gasteiger partial charge in [-0.25, -0.2) is 4.39 Å². The third-order valence-electron chi connectivity index (χ3n) is 2.15. The van der Waals surface area contributed by atoms with Crippen LogP contribution in [0, 0.1) is 23.6 Å². The molecule has 18 heavy (non-hydrogen) atoms. The van der Waals surface area contributed by atoms with Crippen LogP contribution in [0.1, 0.15) is 25.8 Å². The van der Waals surface area contributed by atoms with E-state index in [9.17, 15) is 9.18 Å². The van der Waals surface area contributed by atoms with E-state index in [2.05, 4.69) is 17.2 Å². The first-order valence-electron chi connectivity index (χ1n) is 5.72. The minimum atomic E-state index is -0.474. The minimum Gasteiger partial charge on any atom is -0.384 e. The van der Waals surface area contributed by atoms with E-state index in [1.165, 1.54) is 18.2 Å². The molecule has 0 radical (unpaired) electrons. The predicted molar refractivity (Wildman–Crippen MR) is 68.4 cm³/mol. The minimum absolute atomic E-state index is 0.113. The lowest BCUT2D eigenvalue weighted by Crippen LogP contribution is -2.13. The van der Waals surface area contributed by atoms with E-state index < -0.39 is 5.82 Å². The van der Waals surface area contributed by atoms with Crippen molar-refractivity contribution in [1.82, 2.24) is 0 Å². The number of hydrogen-bond acceptors (Lipinski definition) is 2. The molecular formula is C14H16FNO2. The number of nitrogens with one attached hydrogen (secondary N) is 1. The van der Waals surface area contributed by atoms with Gasteiger partial charge in [0.25, 0.3) is 0 Å². The molecule has 0 aliphatic rings. The van der Waals surface area contributed by atoms with Crippen molar-refractivity contribution in [2.75, 3.05) is 11.9 Å². The fraction of sp³-hybridized carbons (Fsp3) is 0.357. The van der Waals surface area contributed by atoms with Gasteiger partial charge in [-0.3, -0.25) is 4.79 Å². The molecule has 1 aromatic carbocycles. The molecule has 1 rings (SSSR count). The molecule has 0 unspecified atom stereocenters. The molecule has 0 saturated heterocycles. The molecule has 0 aromatic heterocycles. The maximum absolute atomic E-state index is 13.3. The second-order valence-corrected chi connectivity index (χ2v) is 4.30. The van der Waals surface area contributed by atoms with Crippen LogP contribution in [0.15, 0.2) is 18.2 Å². The first-order chi connectivity index (χ1) is 8.52. The number of anilines is 1. The van der Waals surface area contributed by atoms with Crippen molar-refractivity contribution >= 4 is 11.6 Å². The zero-order valence-corrected chi connectivity index (χ0v) is 10.5. The summed E-state index contributed by atoms with van der Waals surface area (Å²) in [5.41, 5.74) is 0.663. The number of aliphatic hydroxyl groups excluding tert-OH is 1. The van der Waals surface area contributed by atoms with E-state index >= 15 is 0 Å². The molecule has 1 amide bonds. The molecule has 3 nitrogen and oxygen atoms in total. The van der Waals surface area contributed by atoms with Crippen LogP contribution in [0.5, 0.6) is 0 Å². The van der Waals surface area contributed by atoms with Crippen LogP contribution < -0.4 is 5.32 Å². The number of aliphatic hydroxyl groups is 1. The Balaban J connectivity index is 2.82. The van der Waals surface area contributed by atoms with Gasteiger partial charge in [-0.1, -0.05) is 25.7 Å². The highest BCUT2D eigenvalue weighted by Gasteiger charge is 2.07. The van der Waals surface area contributed by atoms with Gasteiger partial charge < -0.3 is 10.4 Å². The summed E-state index contributed by atoms with van der Waals surface area (Å²) in [5.74, 6) is 4.54. The zero-order chi connectivity index (χ0) is 13.5. The summed E-state index contributed by atoms with van der Waals surface area (Å²) in [6, 6.07) is 4.18. The van der Waals surface area contributed by atoms with Crippen LogP contribution >= 0.6 is 0 Å². The second kappa shape index (κ2) is 6.77. The molecule has 0 spiro atoms. The summed E-state index contributed by atoms with van der Waals surface area (Å²) in [4.78, 5) is 11.6. The maximum Gasteiger partial charge on any atom is 0.224 e. The average Bonchev–Trinajstić information content (AvgIpc) is 2.28. The number of benzene rings is 1. The van der Waals surface area contributed by atoms with Gasteiger partial charge in [0.15, 0.2) is 0 Å². The smallest absolute Gasteiger partial charge is 0.224 e. The Labute approximate surface area is 106 Å². The highest BCUT2D eigenvalue weighted by Crippen LogP contribution is 2.14. The van der Waals surface area contributed by atoms with Gasteiger partial charge in [-0.2, -0.15) is 0 Å². The highest BCUT2D eigenvalue weighted by molar-refractivity contribution is 5.91. The number of rotatable bonds is 3. The Kier molecular flexibility index (Phi) is 5.34. The Morgan fingerprint density at radius 1 is 1.50 bits per heavy atom. The summed E-state index contributed by atoms with van der Waals surface area (Å²) in [6.07, 6.45) is 0.412. The Morgan fingerprint density at radius 3 is 2.83 bits per heavy atom. The molecule has 0 heterocycles. The number of halogens is 1. The highest BCUT2D eigenvalue weighted by atomic mass is 19.1. The van der Waals surface area contributed by atoms with Crippen LogP contribution in [-0.4, -0.2) is 17.6 Å². The molecule has 0 aliphatic heterocycles. The lowest BCUT2D eigenvalue weighted by atomic mass is 10.1. The van der Waals surface area contributed by atoms with Crippen molar-refractivity contribution in [2.45, 2.75) is 20.3 Å². The predicted octanol–water partition coefficient (Wildman–Crippen LogP) is 2.15. The number of hydrogen-bond donors (Lipinski definition) is 2. The summed E-state index contributed by atoms with van der Waals surface area (Å²) in [5, 5.41) is 11.2. The van der Waals surface area contributed by atoms with Gasteiger partial charge in [0, 0.05) is 12.1 Å². The first-order valence-corrected chi connectivity index (χ1v) is 5.72. The first kappa shape index (κ1) is 14.2. The molecule has 96 valence electrons. The van der Waals surface area contributed by atoms with Crippen LogP contribution in [0.3, 0.4) is 0 Å². The second-order valence-electron chi connectivity index (χ2n) is 4.30. The molecule has 0 saturated carbocycles. The van der Waals surface area contributed by atoms with Crippen molar-refractivity contribution in [3.8, 4) is 11.8 Å². The van der Waals surface area contributed by atoms with Gasteiger partial charge in [0.1, 0.15) is 12.4 Å². The number of carbonyl (C=O) groups excluding carboxylic acids is 1. The normalized spacial score (nSPS) is 9.83. The van der Waals surface area contributed by atoms with Crippen molar-refractivity contribution in [3.63, 3.8) is 0 Å². The maximum atomic E-state index is 13.3. The molecule has 0 fully saturated rings. The van der Waals surface area contributed by atoms with Crippen LogP contribution in [0.25, 0.3) is 0 Å².